The molecule has 1 amide bonds. The number of nitriles is 1. The van der Waals surface area contributed by atoms with Crippen LogP contribution in [0.25, 0.3) is 0 Å². The molecule has 0 saturated heterocycles. The number of para-hydroxylation sites is 1. The van der Waals surface area contributed by atoms with Crippen LogP contribution < -0.4 is 10.6 Å². The van der Waals surface area contributed by atoms with Crippen LogP contribution in [0.5, 0.6) is 0 Å². The lowest BCUT2D eigenvalue weighted by Crippen LogP contribution is -2.25. The van der Waals surface area contributed by atoms with E-state index >= 15 is 0 Å². The van der Waals surface area contributed by atoms with Gasteiger partial charge >= 0.3 is 0 Å². The Hall–Kier alpha value is -3.13. The molecule has 1 aliphatic carbocycles. The number of aromatic nitrogens is 1. The van der Waals surface area contributed by atoms with Crippen molar-refractivity contribution >= 4 is 17.3 Å². The number of carbonyl (C=O) groups excluding carboxylic acids is 1. The smallest absolute Gasteiger partial charge is 0.252 e. The summed E-state index contributed by atoms with van der Waals surface area (Å²) in [5.74, 6) is -0.133. The fraction of sp³-hybridized carbons (Fsp3) is 0.286. The van der Waals surface area contributed by atoms with E-state index in [-0.39, 0.29) is 5.91 Å². The molecule has 5 nitrogen and oxygen atoms in total. The van der Waals surface area contributed by atoms with Crippen LogP contribution in [0.4, 0.5) is 11.4 Å². The number of pyridine rings is 1. The number of anilines is 2. The van der Waals surface area contributed by atoms with Gasteiger partial charge in [0.15, 0.2) is 0 Å². The number of nitrogens with zero attached hydrogens (tertiary/aromatic N) is 2. The molecule has 0 aliphatic heterocycles. The molecule has 1 heterocycles. The topological polar surface area (TPSA) is 77.8 Å². The Morgan fingerprint density at radius 1 is 1.23 bits per heavy atom. The minimum Gasteiger partial charge on any atom is -0.353 e. The Labute approximate surface area is 153 Å². The van der Waals surface area contributed by atoms with Gasteiger partial charge in [0.1, 0.15) is 6.07 Å². The zero-order valence-corrected chi connectivity index (χ0v) is 14.7. The second-order valence-electron chi connectivity index (χ2n) is 6.36. The summed E-state index contributed by atoms with van der Waals surface area (Å²) in [7, 11) is 0. The Balaban J connectivity index is 1.60. The van der Waals surface area contributed by atoms with Crippen molar-refractivity contribution in [1.29, 1.82) is 5.26 Å². The first-order valence-electron chi connectivity index (χ1n) is 8.93. The van der Waals surface area contributed by atoms with Crippen molar-refractivity contribution in [1.82, 2.24) is 10.3 Å². The van der Waals surface area contributed by atoms with Crippen LogP contribution in [-0.2, 0) is 0 Å². The maximum Gasteiger partial charge on any atom is 0.252 e. The third-order valence-electron chi connectivity index (χ3n) is 4.44. The molecule has 0 unspecified atom stereocenters. The molecule has 132 valence electrons. The van der Waals surface area contributed by atoms with Gasteiger partial charge in [-0.1, -0.05) is 23.8 Å². The largest absolute Gasteiger partial charge is 0.353 e. The molecule has 0 spiro atoms. The number of hydrogen-bond acceptors (Lipinski definition) is 4. The second-order valence-corrected chi connectivity index (χ2v) is 6.36. The molecule has 0 bridgehead atoms. The highest BCUT2D eigenvalue weighted by Crippen LogP contribution is 2.21. The Kier molecular flexibility index (Phi) is 6.00. The summed E-state index contributed by atoms with van der Waals surface area (Å²) in [6.07, 6.45) is 11.2. The van der Waals surface area contributed by atoms with Gasteiger partial charge in [0.2, 0.25) is 0 Å². The third-order valence-corrected chi connectivity index (χ3v) is 4.44. The summed E-state index contributed by atoms with van der Waals surface area (Å²) >= 11 is 0. The molecule has 2 aromatic rings. The van der Waals surface area contributed by atoms with E-state index in [0.717, 1.165) is 19.3 Å². The predicted molar refractivity (Wildman–Crippen MR) is 102 cm³/mol. The summed E-state index contributed by atoms with van der Waals surface area (Å²) in [5, 5.41) is 15.3. The standard InChI is InChI=1S/C21H22N4O/c22-13-17-8-4-5-9-20(17)25-19-12-18(14-23-15-19)21(26)24-11-10-16-6-2-1-3-7-16/h4-6,8-9,12,14-15,25H,1-3,7,10-11H2,(H,24,26). The molecule has 26 heavy (non-hydrogen) atoms. The van der Waals surface area contributed by atoms with Crippen molar-refractivity contribution in [2.75, 3.05) is 11.9 Å². The molecule has 0 fully saturated rings. The Morgan fingerprint density at radius 3 is 2.92 bits per heavy atom. The van der Waals surface area contributed by atoms with E-state index in [9.17, 15) is 4.79 Å². The van der Waals surface area contributed by atoms with E-state index in [0.29, 0.717) is 29.0 Å². The fourth-order valence-electron chi connectivity index (χ4n) is 3.05. The van der Waals surface area contributed by atoms with Crippen LogP contribution >= 0.6 is 0 Å². The van der Waals surface area contributed by atoms with E-state index < -0.39 is 0 Å². The third kappa shape index (κ3) is 4.70. The number of rotatable bonds is 6. The number of allylic oxidation sites excluding steroid dienone is 1. The van der Waals surface area contributed by atoms with E-state index in [2.05, 4.69) is 27.8 Å². The average Bonchev–Trinajstić information content (AvgIpc) is 2.69. The van der Waals surface area contributed by atoms with Crippen LogP contribution in [0.1, 0.15) is 48.0 Å². The zero-order chi connectivity index (χ0) is 18.2. The van der Waals surface area contributed by atoms with Gasteiger partial charge in [-0.05, 0) is 50.3 Å². The lowest BCUT2D eigenvalue weighted by atomic mass is 9.97. The SMILES string of the molecule is N#Cc1ccccc1Nc1cncc(C(=O)NCCC2=CCCCC2)c1. The Morgan fingerprint density at radius 2 is 2.12 bits per heavy atom. The van der Waals surface area contributed by atoms with E-state index in [1.54, 1.807) is 24.5 Å². The van der Waals surface area contributed by atoms with Crippen LogP contribution in [0.2, 0.25) is 0 Å². The number of amides is 1. The van der Waals surface area contributed by atoms with Crippen LogP contribution in [0, 0.1) is 11.3 Å². The van der Waals surface area contributed by atoms with Gasteiger partial charge in [-0.15, -0.1) is 0 Å². The molecule has 2 N–H and O–H groups in total. The predicted octanol–water partition coefficient (Wildman–Crippen LogP) is 4.32. The highest BCUT2D eigenvalue weighted by Gasteiger charge is 2.09. The summed E-state index contributed by atoms with van der Waals surface area (Å²) in [5.41, 5.74) is 3.86. The monoisotopic (exact) mass is 346 g/mol. The van der Waals surface area contributed by atoms with Crippen molar-refractivity contribution in [2.45, 2.75) is 32.1 Å². The summed E-state index contributed by atoms with van der Waals surface area (Å²) in [6, 6.07) is 11.1. The van der Waals surface area contributed by atoms with Gasteiger partial charge in [0.25, 0.3) is 5.91 Å². The van der Waals surface area contributed by atoms with Crippen molar-refractivity contribution < 1.29 is 4.79 Å². The fourth-order valence-corrected chi connectivity index (χ4v) is 3.05. The second kappa shape index (κ2) is 8.82. The maximum absolute atomic E-state index is 12.4. The van der Waals surface area contributed by atoms with Gasteiger partial charge in [-0.3, -0.25) is 9.78 Å². The molecule has 1 aromatic carbocycles. The van der Waals surface area contributed by atoms with E-state index in [1.165, 1.54) is 18.4 Å². The normalized spacial score (nSPS) is 13.4. The zero-order valence-electron chi connectivity index (χ0n) is 14.7. The lowest BCUT2D eigenvalue weighted by molar-refractivity contribution is 0.0953. The maximum atomic E-state index is 12.4. The van der Waals surface area contributed by atoms with Crippen molar-refractivity contribution in [3.05, 3.63) is 65.5 Å². The van der Waals surface area contributed by atoms with Gasteiger partial charge in [0, 0.05) is 12.7 Å². The van der Waals surface area contributed by atoms with Crippen LogP contribution in [-0.4, -0.2) is 17.4 Å². The first-order valence-corrected chi connectivity index (χ1v) is 8.93. The molecular weight excluding hydrogens is 324 g/mol. The molecule has 5 heteroatoms. The lowest BCUT2D eigenvalue weighted by Gasteiger charge is -2.13. The number of hydrogen-bond donors (Lipinski definition) is 2. The van der Waals surface area contributed by atoms with Crippen molar-refractivity contribution in [3.63, 3.8) is 0 Å². The summed E-state index contributed by atoms with van der Waals surface area (Å²) < 4.78 is 0. The molecular formula is C21H22N4O. The van der Waals surface area contributed by atoms with Crippen LogP contribution in [0.15, 0.2) is 54.4 Å². The molecule has 1 aromatic heterocycles. The molecule has 1 aliphatic rings. The minimum atomic E-state index is -0.133. The molecule has 0 radical (unpaired) electrons. The molecule has 3 rings (SSSR count). The highest BCUT2D eigenvalue weighted by molar-refractivity contribution is 5.94. The average molecular weight is 346 g/mol. The first-order chi connectivity index (χ1) is 12.8. The Bertz CT molecular complexity index is 851. The number of benzene rings is 1. The highest BCUT2D eigenvalue weighted by atomic mass is 16.1. The van der Waals surface area contributed by atoms with Gasteiger partial charge in [-0.25, -0.2) is 0 Å². The quantitative estimate of drug-likeness (QED) is 0.764. The van der Waals surface area contributed by atoms with Crippen LogP contribution in [0.3, 0.4) is 0 Å². The minimum absolute atomic E-state index is 0.133. The molecule has 0 saturated carbocycles. The summed E-state index contributed by atoms with van der Waals surface area (Å²) in [4.78, 5) is 16.5. The van der Waals surface area contributed by atoms with Gasteiger partial charge in [0.05, 0.1) is 28.7 Å². The number of carbonyl (C=O) groups is 1. The van der Waals surface area contributed by atoms with E-state index in [4.69, 9.17) is 5.26 Å². The summed E-state index contributed by atoms with van der Waals surface area (Å²) in [6.45, 7) is 0.638. The van der Waals surface area contributed by atoms with Crippen molar-refractivity contribution in [3.8, 4) is 6.07 Å². The molecule has 0 atom stereocenters. The van der Waals surface area contributed by atoms with Gasteiger partial charge in [-0.2, -0.15) is 5.26 Å². The first kappa shape index (κ1) is 17.7. The van der Waals surface area contributed by atoms with Crippen molar-refractivity contribution in [2.24, 2.45) is 0 Å². The number of nitrogens with one attached hydrogen (secondary N) is 2. The van der Waals surface area contributed by atoms with E-state index in [1.807, 2.05) is 18.2 Å². The van der Waals surface area contributed by atoms with Gasteiger partial charge < -0.3 is 10.6 Å².